The van der Waals surface area contributed by atoms with Crippen molar-refractivity contribution >= 4 is 15.9 Å². The number of benzene rings is 1. The molecule has 0 saturated heterocycles. The zero-order valence-corrected chi connectivity index (χ0v) is 14.1. The fourth-order valence-electron chi connectivity index (χ4n) is 2.71. The van der Waals surface area contributed by atoms with E-state index in [2.05, 4.69) is 47.2 Å². The quantitative estimate of drug-likeness (QED) is 0.845. The molecule has 1 aliphatic rings. The first-order valence-corrected chi connectivity index (χ1v) is 8.08. The highest BCUT2D eigenvalue weighted by Crippen LogP contribution is 2.42. The summed E-state index contributed by atoms with van der Waals surface area (Å²) in [5.74, 6) is 0.992. The van der Waals surface area contributed by atoms with Gasteiger partial charge in [0.05, 0.1) is 0 Å². The maximum atomic E-state index is 6.25. The van der Waals surface area contributed by atoms with Gasteiger partial charge in [0, 0.05) is 42.6 Å². The average molecular weight is 342 g/mol. The Hall–Kier alpha value is -0.580. The van der Waals surface area contributed by atoms with E-state index in [9.17, 15) is 0 Å². The minimum Gasteiger partial charge on any atom is -0.487 e. The summed E-state index contributed by atoms with van der Waals surface area (Å²) in [7, 11) is 1.74. The van der Waals surface area contributed by atoms with Crippen LogP contribution in [0.25, 0.3) is 0 Å². The van der Waals surface area contributed by atoms with Gasteiger partial charge in [0.25, 0.3) is 0 Å². The molecule has 0 spiro atoms. The van der Waals surface area contributed by atoms with Crippen molar-refractivity contribution in [3.63, 3.8) is 0 Å². The molecular formula is C16H24BrNO2. The van der Waals surface area contributed by atoms with Crippen LogP contribution in [0.1, 0.15) is 44.7 Å². The van der Waals surface area contributed by atoms with Crippen LogP contribution in [0.4, 0.5) is 0 Å². The van der Waals surface area contributed by atoms with E-state index in [-0.39, 0.29) is 5.60 Å². The predicted molar refractivity (Wildman–Crippen MR) is 85.3 cm³/mol. The minimum absolute atomic E-state index is 0.164. The maximum absolute atomic E-state index is 6.25. The first kappa shape index (κ1) is 15.8. The largest absolute Gasteiger partial charge is 0.487 e. The van der Waals surface area contributed by atoms with Crippen LogP contribution in [-0.4, -0.2) is 25.9 Å². The van der Waals surface area contributed by atoms with Gasteiger partial charge in [-0.3, -0.25) is 0 Å². The molecule has 1 aromatic rings. The highest BCUT2D eigenvalue weighted by Gasteiger charge is 2.36. The lowest BCUT2D eigenvalue weighted by Crippen LogP contribution is -2.42. The Morgan fingerprint density at radius 2 is 2.30 bits per heavy atom. The Labute approximate surface area is 130 Å². The van der Waals surface area contributed by atoms with Crippen LogP contribution in [0.15, 0.2) is 22.7 Å². The molecule has 2 unspecified atom stereocenters. The highest BCUT2D eigenvalue weighted by atomic mass is 79.9. The van der Waals surface area contributed by atoms with Gasteiger partial charge in [-0.25, -0.2) is 0 Å². The van der Waals surface area contributed by atoms with Crippen LogP contribution in [0.2, 0.25) is 0 Å². The molecule has 20 heavy (non-hydrogen) atoms. The number of rotatable bonds is 6. The van der Waals surface area contributed by atoms with E-state index in [1.54, 1.807) is 7.11 Å². The Bertz CT molecular complexity index is 452. The van der Waals surface area contributed by atoms with Gasteiger partial charge < -0.3 is 14.8 Å². The second kappa shape index (κ2) is 6.92. The van der Waals surface area contributed by atoms with Crippen LogP contribution in [0.5, 0.6) is 5.75 Å². The Balaban J connectivity index is 2.24. The maximum Gasteiger partial charge on any atom is 0.124 e. The number of hydrogen-bond acceptors (Lipinski definition) is 3. The number of hydrogen-bond donors (Lipinski definition) is 1. The molecule has 0 radical (unpaired) electrons. The monoisotopic (exact) mass is 341 g/mol. The van der Waals surface area contributed by atoms with Gasteiger partial charge in [0.15, 0.2) is 0 Å². The number of methoxy groups -OCH3 is 1. The standard InChI is InChI=1S/C16H24BrNO2/c1-4-8-18-14-11-16(2,7-9-19-3)20-15-6-5-12(17)10-13(14)15/h5-6,10,14,18H,4,7-9,11H2,1-3H3. The third-order valence-electron chi connectivity index (χ3n) is 3.82. The summed E-state index contributed by atoms with van der Waals surface area (Å²) in [5.41, 5.74) is 1.09. The molecule has 3 nitrogen and oxygen atoms in total. The molecule has 1 aromatic carbocycles. The van der Waals surface area contributed by atoms with Gasteiger partial charge in [-0.2, -0.15) is 0 Å². The van der Waals surface area contributed by atoms with Gasteiger partial charge in [0.1, 0.15) is 11.4 Å². The molecular weight excluding hydrogens is 318 g/mol. The van der Waals surface area contributed by atoms with E-state index in [4.69, 9.17) is 9.47 Å². The lowest BCUT2D eigenvalue weighted by molar-refractivity contribution is 0.0170. The molecule has 2 rings (SSSR count). The molecule has 4 heteroatoms. The van der Waals surface area contributed by atoms with Gasteiger partial charge in [-0.15, -0.1) is 0 Å². The van der Waals surface area contributed by atoms with Crippen molar-refractivity contribution in [3.05, 3.63) is 28.2 Å². The second-order valence-corrected chi connectivity index (χ2v) is 6.60. The summed E-state index contributed by atoms with van der Waals surface area (Å²) < 4.78 is 12.6. The lowest BCUT2D eigenvalue weighted by Gasteiger charge is -2.40. The fourth-order valence-corrected chi connectivity index (χ4v) is 3.08. The zero-order chi connectivity index (χ0) is 14.6. The normalized spacial score (nSPS) is 25.1. The predicted octanol–water partition coefficient (Wildman–Crippen LogP) is 4.07. The number of halogens is 1. The van der Waals surface area contributed by atoms with E-state index < -0.39 is 0 Å². The first-order valence-electron chi connectivity index (χ1n) is 7.29. The molecule has 0 aliphatic carbocycles. The van der Waals surface area contributed by atoms with E-state index in [0.29, 0.717) is 6.04 Å². The van der Waals surface area contributed by atoms with Crippen molar-refractivity contribution in [1.29, 1.82) is 0 Å². The average Bonchev–Trinajstić information content (AvgIpc) is 2.43. The van der Waals surface area contributed by atoms with E-state index in [1.165, 1.54) is 5.56 Å². The third kappa shape index (κ3) is 3.74. The molecule has 0 fully saturated rings. The van der Waals surface area contributed by atoms with Crippen molar-refractivity contribution in [2.45, 2.75) is 44.8 Å². The van der Waals surface area contributed by atoms with E-state index in [0.717, 1.165) is 42.6 Å². The molecule has 2 atom stereocenters. The van der Waals surface area contributed by atoms with Crippen LogP contribution >= 0.6 is 15.9 Å². The fraction of sp³-hybridized carbons (Fsp3) is 0.625. The summed E-state index contributed by atoms with van der Waals surface area (Å²) >= 11 is 3.55. The molecule has 0 aromatic heterocycles. The molecule has 0 amide bonds. The second-order valence-electron chi connectivity index (χ2n) is 5.69. The van der Waals surface area contributed by atoms with Gasteiger partial charge >= 0.3 is 0 Å². The Morgan fingerprint density at radius 3 is 3.00 bits per heavy atom. The van der Waals surface area contributed by atoms with Crippen molar-refractivity contribution in [1.82, 2.24) is 5.32 Å². The smallest absolute Gasteiger partial charge is 0.124 e. The molecule has 1 aliphatic heterocycles. The SMILES string of the molecule is CCCNC1CC(C)(CCOC)Oc2ccc(Br)cc21. The summed E-state index contributed by atoms with van der Waals surface area (Å²) in [5, 5.41) is 3.64. The summed E-state index contributed by atoms with van der Waals surface area (Å²) in [4.78, 5) is 0. The van der Waals surface area contributed by atoms with Gasteiger partial charge in [-0.1, -0.05) is 22.9 Å². The lowest BCUT2D eigenvalue weighted by atomic mass is 9.86. The van der Waals surface area contributed by atoms with Crippen LogP contribution in [-0.2, 0) is 4.74 Å². The van der Waals surface area contributed by atoms with Crippen molar-refractivity contribution in [2.24, 2.45) is 0 Å². The molecule has 0 saturated carbocycles. The summed E-state index contributed by atoms with van der Waals surface area (Å²) in [6.45, 7) is 6.12. The van der Waals surface area contributed by atoms with Crippen molar-refractivity contribution in [3.8, 4) is 5.75 Å². The molecule has 112 valence electrons. The van der Waals surface area contributed by atoms with Crippen molar-refractivity contribution < 1.29 is 9.47 Å². The molecule has 1 N–H and O–H groups in total. The van der Waals surface area contributed by atoms with Gasteiger partial charge in [0.2, 0.25) is 0 Å². The van der Waals surface area contributed by atoms with Crippen LogP contribution in [0.3, 0.4) is 0 Å². The third-order valence-corrected chi connectivity index (χ3v) is 4.31. The summed E-state index contributed by atoms with van der Waals surface area (Å²) in [6.07, 6.45) is 3.01. The highest BCUT2D eigenvalue weighted by molar-refractivity contribution is 9.10. The minimum atomic E-state index is -0.164. The molecule has 0 bridgehead atoms. The summed E-state index contributed by atoms with van der Waals surface area (Å²) in [6, 6.07) is 6.61. The van der Waals surface area contributed by atoms with Crippen molar-refractivity contribution in [2.75, 3.05) is 20.3 Å². The van der Waals surface area contributed by atoms with Gasteiger partial charge in [-0.05, 0) is 38.1 Å². The van der Waals surface area contributed by atoms with Crippen LogP contribution < -0.4 is 10.1 Å². The zero-order valence-electron chi connectivity index (χ0n) is 12.5. The number of fused-ring (bicyclic) bond motifs is 1. The Morgan fingerprint density at radius 1 is 1.50 bits per heavy atom. The first-order chi connectivity index (χ1) is 9.58. The Kier molecular flexibility index (Phi) is 5.47. The number of ether oxygens (including phenoxy) is 2. The van der Waals surface area contributed by atoms with Crippen LogP contribution in [0, 0.1) is 0 Å². The number of nitrogens with one attached hydrogen (secondary N) is 1. The topological polar surface area (TPSA) is 30.5 Å². The van der Waals surface area contributed by atoms with E-state index >= 15 is 0 Å². The van der Waals surface area contributed by atoms with E-state index in [1.807, 2.05) is 6.07 Å². The molecule has 1 heterocycles.